The molecule has 2 aromatic heterocycles. The first-order valence-electron chi connectivity index (χ1n) is 12.9. The molecule has 204 valence electrons. The summed E-state index contributed by atoms with van der Waals surface area (Å²) in [5.74, 6) is 0.823. The molecule has 2 aromatic carbocycles. The number of aromatic nitrogens is 1. The number of nitrogens with zero attached hydrogens (tertiary/aromatic N) is 3. The van der Waals surface area contributed by atoms with E-state index in [1.165, 1.54) is 17.5 Å². The molecule has 8 nitrogen and oxygen atoms in total. The van der Waals surface area contributed by atoms with Crippen molar-refractivity contribution < 1.29 is 19.1 Å². The summed E-state index contributed by atoms with van der Waals surface area (Å²) >= 11 is 1.36. The molecular weight excluding hydrogens is 524 g/mol. The van der Waals surface area contributed by atoms with Crippen molar-refractivity contribution in [1.82, 2.24) is 4.98 Å². The number of methoxy groups -OCH3 is 2. The van der Waals surface area contributed by atoms with E-state index < -0.39 is 0 Å². The summed E-state index contributed by atoms with van der Waals surface area (Å²) in [4.78, 5) is 37.6. The molecule has 2 amide bonds. The highest BCUT2D eigenvalue weighted by atomic mass is 32.1. The van der Waals surface area contributed by atoms with Crippen molar-refractivity contribution in [1.29, 1.82) is 0 Å². The number of fused-ring (bicyclic) bond motifs is 1. The molecule has 0 radical (unpaired) electrons. The number of para-hydroxylation sites is 1. The molecular formula is C31H30N4O4S. The van der Waals surface area contributed by atoms with E-state index in [1.54, 1.807) is 42.0 Å². The molecule has 0 unspecified atom stereocenters. The van der Waals surface area contributed by atoms with Crippen LogP contribution in [0.4, 0.5) is 11.4 Å². The summed E-state index contributed by atoms with van der Waals surface area (Å²) in [7, 11) is 3.25. The van der Waals surface area contributed by atoms with Crippen LogP contribution in [0.25, 0.3) is 0 Å². The molecule has 0 atom stereocenters. The van der Waals surface area contributed by atoms with Crippen LogP contribution in [-0.4, -0.2) is 49.8 Å². The van der Waals surface area contributed by atoms with Gasteiger partial charge in [0.2, 0.25) is 0 Å². The molecule has 0 saturated heterocycles. The molecule has 9 heteroatoms. The molecule has 1 aliphatic rings. The zero-order valence-electron chi connectivity index (χ0n) is 22.6. The van der Waals surface area contributed by atoms with Crippen molar-refractivity contribution in [3.63, 3.8) is 0 Å². The summed E-state index contributed by atoms with van der Waals surface area (Å²) in [6.07, 6.45) is 2.89. The fourth-order valence-electron chi connectivity index (χ4n) is 4.68. The number of amides is 2. The van der Waals surface area contributed by atoms with Crippen LogP contribution in [0, 0.1) is 6.92 Å². The minimum absolute atomic E-state index is 0.200. The van der Waals surface area contributed by atoms with Gasteiger partial charge in [-0.25, -0.2) is 0 Å². The van der Waals surface area contributed by atoms with Crippen LogP contribution in [0.15, 0.2) is 76.5 Å². The molecule has 0 spiro atoms. The largest absolute Gasteiger partial charge is 0.493 e. The minimum Gasteiger partial charge on any atom is -0.493 e. The van der Waals surface area contributed by atoms with Crippen molar-refractivity contribution in [2.24, 2.45) is 4.99 Å². The molecule has 0 fully saturated rings. The first-order valence-corrected chi connectivity index (χ1v) is 13.9. The van der Waals surface area contributed by atoms with Crippen molar-refractivity contribution >= 4 is 40.2 Å². The topological polar surface area (TPSA) is 93.1 Å². The van der Waals surface area contributed by atoms with Crippen LogP contribution < -0.4 is 19.7 Å². The second kappa shape index (κ2) is 12.1. The third-order valence-corrected chi connectivity index (χ3v) is 7.55. The van der Waals surface area contributed by atoms with Gasteiger partial charge in [-0.15, -0.1) is 11.3 Å². The number of nitrogens with one attached hydrogen (secondary N) is 1. The maximum atomic E-state index is 14.0. The van der Waals surface area contributed by atoms with Gasteiger partial charge in [-0.05, 0) is 55.3 Å². The molecule has 4 aromatic rings. The summed E-state index contributed by atoms with van der Waals surface area (Å²) in [5.41, 5.74) is 6.00. The van der Waals surface area contributed by atoms with Gasteiger partial charge in [-0.3, -0.25) is 19.6 Å². The third kappa shape index (κ3) is 5.74. The van der Waals surface area contributed by atoms with E-state index in [0.29, 0.717) is 47.8 Å². The Morgan fingerprint density at radius 1 is 1.02 bits per heavy atom. The normalized spacial score (nSPS) is 12.2. The Balaban J connectivity index is 1.40. The van der Waals surface area contributed by atoms with Gasteiger partial charge in [0, 0.05) is 59.1 Å². The third-order valence-electron chi connectivity index (χ3n) is 6.80. The first-order chi connectivity index (χ1) is 19.5. The summed E-state index contributed by atoms with van der Waals surface area (Å²) in [5, 5.41) is 6.43. The van der Waals surface area contributed by atoms with Gasteiger partial charge < -0.3 is 19.7 Å². The Labute approximate surface area is 237 Å². The zero-order chi connectivity index (χ0) is 28.1. The van der Waals surface area contributed by atoms with Crippen molar-refractivity contribution in [3.8, 4) is 11.5 Å². The minimum atomic E-state index is -0.316. The maximum Gasteiger partial charge on any atom is 0.261 e. The molecule has 1 aliphatic heterocycles. The molecule has 0 aliphatic carbocycles. The van der Waals surface area contributed by atoms with Gasteiger partial charge in [0.15, 0.2) is 11.5 Å². The Morgan fingerprint density at radius 3 is 2.52 bits per heavy atom. The van der Waals surface area contributed by atoms with E-state index in [0.717, 1.165) is 34.6 Å². The Morgan fingerprint density at radius 2 is 1.80 bits per heavy atom. The van der Waals surface area contributed by atoms with E-state index in [-0.39, 0.29) is 11.8 Å². The fourth-order valence-corrected chi connectivity index (χ4v) is 5.44. The lowest BCUT2D eigenvalue weighted by Gasteiger charge is -2.25. The second-order valence-corrected chi connectivity index (χ2v) is 10.1. The maximum absolute atomic E-state index is 14.0. The van der Waals surface area contributed by atoms with E-state index in [4.69, 9.17) is 14.5 Å². The number of aryl methyl sites for hydroxylation is 1. The quantitative estimate of drug-likeness (QED) is 0.282. The fraction of sp³-hybridized carbons (Fsp3) is 0.226. The first kappa shape index (κ1) is 27.1. The summed E-state index contributed by atoms with van der Waals surface area (Å²) in [6.45, 7) is 2.94. The highest BCUT2D eigenvalue weighted by Gasteiger charge is 2.25. The van der Waals surface area contributed by atoms with E-state index in [2.05, 4.69) is 10.3 Å². The lowest BCUT2D eigenvalue weighted by Crippen LogP contribution is -2.34. The van der Waals surface area contributed by atoms with Gasteiger partial charge >= 0.3 is 0 Å². The molecule has 0 saturated carbocycles. The number of aliphatic imine (C=N–C) groups is 1. The number of pyridine rings is 1. The SMILES string of the molecule is COc1cc2c(cc1OC)C(CCN(C(=O)c1cscc1NC(=O)c1ccc(C)nc1)c1ccccc1)=NCC2. The van der Waals surface area contributed by atoms with Gasteiger partial charge in [-0.2, -0.15) is 0 Å². The average molecular weight is 555 g/mol. The standard InChI is InChI=1S/C31H30N4O4S/c1-20-9-10-22(17-33-20)30(36)34-27-19-40-18-25(27)31(37)35(23-7-5-4-6-8-23)14-12-26-24-16-29(39-3)28(38-2)15-21(24)11-13-32-26/h4-10,15-19H,11-14H2,1-3H3,(H,34,36). The summed E-state index contributed by atoms with van der Waals surface area (Å²) < 4.78 is 11.0. The molecule has 5 rings (SSSR count). The van der Waals surface area contributed by atoms with Gasteiger partial charge in [0.25, 0.3) is 11.8 Å². The molecule has 1 N–H and O–H groups in total. The zero-order valence-corrected chi connectivity index (χ0v) is 23.5. The number of thiophene rings is 1. The van der Waals surface area contributed by atoms with Crippen molar-refractivity contribution in [3.05, 3.63) is 99.5 Å². The second-order valence-electron chi connectivity index (χ2n) is 9.33. The number of anilines is 2. The van der Waals surface area contributed by atoms with Crippen LogP contribution >= 0.6 is 11.3 Å². The Kier molecular flexibility index (Phi) is 8.21. The van der Waals surface area contributed by atoms with Crippen LogP contribution in [-0.2, 0) is 6.42 Å². The van der Waals surface area contributed by atoms with E-state index in [1.807, 2.05) is 49.4 Å². The van der Waals surface area contributed by atoms with Gasteiger partial charge in [0.05, 0.1) is 31.0 Å². The molecule has 0 bridgehead atoms. The van der Waals surface area contributed by atoms with E-state index >= 15 is 0 Å². The summed E-state index contributed by atoms with van der Waals surface area (Å²) in [6, 6.07) is 17.0. The van der Waals surface area contributed by atoms with Gasteiger partial charge in [0.1, 0.15) is 0 Å². The molecule has 40 heavy (non-hydrogen) atoms. The highest BCUT2D eigenvalue weighted by molar-refractivity contribution is 7.08. The number of hydrogen-bond donors (Lipinski definition) is 1. The number of rotatable bonds is 9. The predicted molar refractivity (Wildman–Crippen MR) is 159 cm³/mol. The number of ether oxygens (including phenoxy) is 2. The Hall–Kier alpha value is -4.50. The Bertz CT molecular complexity index is 1550. The highest BCUT2D eigenvalue weighted by Crippen LogP contribution is 2.33. The van der Waals surface area contributed by atoms with Crippen LogP contribution in [0.5, 0.6) is 11.5 Å². The number of hydrogen-bond acceptors (Lipinski definition) is 7. The monoisotopic (exact) mass is 554 g/mol. The molecule has 3 heterocycles. The number of carbonyl (C=O) groups is 2. The van der Waals surface area contributed by atoms with Crippen molar-refractivity contribution in [2.75, 3.05) is 37.5 Å². The number of benzene rings is 2. The lowest BCUT2D eigenvalue weighted by molar-refractivity contribution is 0.0989. The lowest BCUT2D eigenvalue weighted by atomic mass is 9.95. The van der Waals surface area contributed by atoms with Crippen LogP contribution in [0.3, 0.4) is 0 Å². The van der Waals surface area contributed by atoms with Crippen LogP contribution in [0.2, 0.25) is 0 Å². The average Bonchev–Trinajstić information content (AvgIpc) is 3.45. The van der Waals surface area contributed by atoms with E-state index in [9.17, 15) is 9.59 Å². The van der Waals surface area contributed by atoms with Gasteiger partial charge in [-0.1, -0.05) is 18.2 Å². The number of carbonyl (C=O) groups excluding carboxylic acids is 2. The van der Waals surface area contributed by atoms with Crippen LogP contribution in [0.1, 0.15) is 44.0 Å². The smallest absolute Gasteiger partial charge is 0.261 e. The predicted octanol–water partition coefficient (Wildman–Crippen LogP) is 5.80. The van der Waals surface area contributed by atoms with Crippen molar-refractivity contribution in [2.45, 2.75) is 19.8 Å².